The molecule has 0 radical (unpaired) electrons. The van der Waals surface area contributed by atoms with E-state index in [4.69, 9.17) is 11.6 Å². The van der Waals surface area contributed by atoms with Crippen LogP contribution < -0.4 is 9.62 Å². The summed E-state index contributed by atoms with van der Waals surface area (Å²) < 4.78 is 28.7. The minimum atomic E-state index is -4.12. The Bertz CT molecular complexity index is 1390. The Kier molecular flexibility index (Phi) is 10.2. The highest BCUT2D eigenvalue weighted by molar-refractivity contribution is 7.92. The highest BCUT2D eigenvalue weighted by atomic mass is 35.5. The Labute approximate surface area is 236 Å². The van der Waals surface area contributed by atoms with Gasteiger partial charge in [-0.25, -0.2) is 8.42 Å². The van der Waals surface area contributed by atoms with Gasteiger partial charge >= 0.3 is 0 Å². The number of halogens is 1. The van der Waals surface area contributed by atoms with Crippen molar-refractivity contribution in [3.63, 3.8) is 0 Å². The zero-order valence-corrected chi connectivity index (χ0v) is 24.6. The molecule has 9 heteroatoms. The van der Waals surface area contributed by atoms with Gasteiger partial charge in [-0.15, -0.1) is 0 Å². The van der Waals surface area contributed by atoms with E-state index >= 15 is 0 Å². The standard InChI is InChI=1S/C30H36ClN3O4S/c1-21(2)18-32-30(36)24(5)33(19-25-8-6-7-23(4)17-25)29(35)20-34(27-13-11-26(31)12-14-27)39(37,38)28-15-9-22(3)10-16-28/h6-17,21,24H,18-20H2,1-5H3,(H,32,36)/t24-/m0/s1. The lowest BCUT2D eigenvalue weighted by molar-refractivity contribution is -0.139. The molecule has 7 nitrogen and oxygen atoms in total. The summed E-state index contributed by atoms with van der Waals surface area (Å²) in [6, 6.07) is 19.6. The van der Waals surface area contributed by atoms with Crippen LogP contribution in [0.1, 0.15) is 37.5 Å². The number of aryl methyl sites for hydroxylation is 2. The molecular formula is C30H36ClN3O4S. The van der Waals surface area contributed by atoms with E-state index in [0.717, 1.165) is 21.0 Å². The fourth-order valence-corrected chi connectivity index (χ4v) is 5.56. The molecule has 0 aliphatic rings. The molecule has 3 rings (SSSR count). The molecule has 0 spiro atoms. The summed E-state index contributed by atoms with van der Waals surface area (Å²) >= 11 is 6.06. The number of rotatable bonds is 11. The van der Waals surface area contributed by atoms with Crippen molar-refractivity contribution >= 4 is 39.1 Å². The first kappa shape index (κ1) is 30.2. The molecule has 0 unspecified atom stereocenters. The van der Waals surface area contributed by atoms with Crippen molar-refractivity contribution in [3.05, 3.63) is 94.5 Å². The molecule has 3 aromatic rings. The van der Waals surface area contributed by atoms with E-state index in [1.54, 1.807) is 43.3 Å². The van der Waals surface area contributed by atoms with Gasteiger partial charge in [-0.1, -0.05) is 73.0 Å². The van der Waals surface area contributed by atoms with E-state index in [2.05, 4.69) is 5.32 Å². The molecule has 1 N–H and O–H groups in total. The van der Waals surface area contributed by atoms with Gasteiger partial charge in [-0.3, -0.25) is 13.9 Å². The molecule has 2 amide bonds. The summed E-state index contributed by atoms with van der Waals surface area (Å²) in [5.41, 5.74) is 3.06. The lowest BCUT2D eigenvalue weighted by atomic mass is 10.1. The molecule has 0 aliphatic carbocycles. The van der Waals surface area contributed by atoms with Crippen LogP contribution in [0.5, 0.6) is 0 Å². The fourth-order valence-electron chi connectivity index (χ4n) is 4.02. The van der Waals surface area contributed by atoms with Crippen molar-refractivity contribution in [1.29, 1.82) is 0 Å². The normalized spacial score (nSPS) is 12.2. The van der Waals surface area contributed by atoms with Crippen LogP contribution in [0.15, 0.2) is 77.7 Å². The maximum absolute atomic E-state index is 13.9. The first-order valence-electron chi connectivity index (χ1n) is 12.9. The third-order valence-corrected chi connectivity index (χ3v) is 8.33. The zero-order chi connectivity index (χ0) is 28.7. The van der Waals surface area contributed by atoms with Crippen LogP contribution in [-0.2, 0) is 26.2 Å². The quantitative estimate of drug-likeness (QED) is 0.338. The largest absolute Gasteiger partial charge is 0.354 e. The van der Waals surface area contributed by atoms with E-state index in [9.17, 15) is 18.0 Å². The SMILES string of the molecule is Cc1ccc(S(=O)(=O)N(CC(=O)N(Cc2cccc(C)c2)[C@@H](C)C(=O)NCC(C)C)c2ccc(Cl)cc2)cc1. The number of benzene rings is 3. The summed E-state index contributed by atoms with van der Waals surface area (Å²) in [5, 5.41) is 3.33. The first-order chi connectivity index (χ1) is 18.4. The lowest BCUT2D eigenvalue weighted by Gasteiger charge is -2.32. The maximum Gasteiger partial charge on any atom is 0.264 e. The summed E-state index contributed by atoms with van der Waals surface area (Å²) in [6.07, 6.45) is 0. The Morgan fingerprint density at radius 3 is 2.13 bits per heavy atom. The Morgan fingerprint density at radius 1 is 0.897 bits per heavy atom. The van der Waals surface area contributed by atoms with Crippen LogP contribution in [0.4, 0.5) is 5.69 Å². The molecule has 3 aromatic carbocycles. The second kappa shape index (κ2) is 13.1. The highest BCUT2D eigenvalue weighted by Gasteiger charge is 2.32. The number of nitrogens with one attached hydrogen (secondary N) is 1. The van der Waals surface area contributed by atoms with Crippen molar-refractivity contribution in [2.75, 3.05) is 17.4 Å². The molecule has 0 aliphatic heterocycles. The van der Waals surface area contributed by atoms with Crippen molar-refractivity contribution in [2.24, 2.45) is 5.92 Å². The van der Waals surface area contributed by atoms with Gasteiger partial charge in [0.05, 0.1) is 10.6 Å². The first-order valence-corrected chi connectivity index (χ1v) is 14.7. The molecule has 208 valence electrons. The number of amides is 2. The second-order valence-corrected chi connectivity index (χ2v) is 12.4. The number of hydrogen-bond donors (Lipinski definition) is 1. The Balaban J connectivity index is 2.01. The van der Waals surface area contributed by atoms with Crippen molar-refractivity contribution < 1.29 is 18.0 Å². The highest BCUT2D eigenvalue weighted by Crippen LogP contribution is 2.26. The number of sulfonamides is 1. The summed E-state index contributed by atoms with van der Waals surface area (Å²) in [6.45, 7) is 9.57. The van der Waals surface area contributed by atoms with Crippen LogP contribution in [-0.4, -0.2) is 44.3 Å². The maximum atomic E-state index is 13.9. The van der Waals surface area contributed by atoms with Crippen LogP contribution >= 0.6 is 11.6 Å². The molecule has 0 fully saturated rings. The van der Waals surface area contributed by atoms with Crippen LogP contribution in [0.2, 0.25) is 5.02 Å². The molecule has 0 heterocycles. The van der Waals surface area contributed by atoms with Crippen molar-refractivity contribution in [2.45, 2.75) is 52.1 Å². The third-order valence-electron chi connectivity index (χ3n) is 6.29. The van der Waals surface area contributed by atoms with Crippen LogP contribution in [0, 0.1) is 19.8 Å². The topological polar surface area (TPSA) is 86.8 Å². The van der Waals surface area contributed by atoms with E-state index in [-0.39, 0.29) is 23.3 Å². The average molecular weight is 570 g/mol. The van der Waals surface area contributed by atoms with Crippen LogP contribution in [0.3, 0.4) is 0 Å². The monoisotopic (exact) mass is 569 g/mol. The van der Waals surface area contributed by atoms with Gasteiger partial charge in [-0.05, 0) is 68.7 Å². The van der Waals surface area contributed by atoms with E-state index in [1.807, 2.05) is 52.0 Å². The van der Waals surface area contributed by atoms with Gasteiger partial charge in [0.1, 0.15) is 12.6 Å². The number of nitrogens with zero attached hydrogens (tertiary/aromatic N) is 2. The minimum Gasteiger partial charge on any atom is -0.354 e. The molecule has 0 aromatic heterocycles. The minimum absolute atomic E-state index is 0.0591. The molecule has 1 atom stereocenters. The number of hydrogen-bond acceptors (Lipinski definition) is 4. The molecule has 39 heavy (non-hydrogen) atoms. The van der Waals surface area contributed by atoms with E-state index in [0.29, 0.717) is 17.3 Å². The van der Waals surface area contributed by atoms with Gasteiger partial charge in [0.25, 0.3) is 10.0 Å². The van der Waals surface area contributed by atoms with Crippen LogP contribution in [0.25, 0.3) is 0 Å². The van der Waals surface area contributed by atoms with Gasteiger partial charge in [-0.2, -0.15) is 0 Å². The Hall–Kier alpha value is -3.36. The number of carbonyl (C=O) groups excluding carboxylic acids is 2. The van der Waals surface area contributed by atoms with E-state index < -0.39 is 28.5 Å². The van der Waals surface area contributed by atoms with Gasteiger partial charge in [0, 0.05) is 18.1 Å². The second-order valence-electron chi connectivity index (χ2n) is 10.1. The Morgan fingerprint density at radius 2 is 1.54 bits per heavy atom. The molecule has 0 saturated carbocycles. The average Bonchev–Trinajstić information content (AvgIpc) is 2.89. The summed E-state index contributed by atoms with van der Waals surface area (Å²) in [7, 11) is -4.12. The van der Waals surface area contributed by atoms with Crippen molar-refractivity contribution in [3.8, 4) is 0 Å². The molecule has 0 saturated heterocycles. The predicted octanol–water partition coefficient (Wildman–Crippen LogP) is 5.34. The fraction of sp³-hybridized carbons (Fsp3) is 0.333. The molecular weight excluding hydrogens is 534 g/mol. The predicted molar refractivity (Wildman–Crippen MR) is 156 cm³/mol. The summed E-state index contributed by atoms with van der Waals surface area (Å²) in [4.78, 5) is 28.4. The smallest absolute Gasteiger partial charge is 0.264 e. The molecule has 0 bridgehead atoms. The number of carbonyl (C=O) groups is 2. The van der Waals surface area contributed by atoms with Crippen molar-refractivity contribution in [1.82, 2.24) is 10.2 Å². The number of anilines is 1. The lowest BCUT2D eigenvalue weighted by Crippen LogP contribution is -2.51. The third kappa shape index (κ3) is 8.07. The van der Waals surface area contributed by atoms with Gasteiger partial charge in [0.2, 0.25) is 11.8 Å². The summed E-state index contributed by atoms with van der Waals surface area (Å²) in [5.74, 6) is -0.569. The zero-order valence-electron chi connectivity index (χ0n) is 23.0. The van der Waals surface area contributed by atoms with Gasteiger partial charge < -0.3 is 10.2 Å². The van der Waals surface area contributed by atoms with E-state index in [1.165, 1.54) is 17.0 Å². The van der Waals surface area contributed by atoms with Gasteiger partial charge in [0.15, 0.2) is 0 Å².